The van der Waals surface area contributed by atoms with Crippen LogP contribution in [0.25, 0.3) is 93.7 Å². The van der Waals surface area contributed by atoms with E-state index in [0.29, 0.717) is 5.95 Å². The molecule has 2 heterocycles. The Hall–Kier alpha value is -8.92. The van der Waals surface area contributed by atoms with Crippen molar-refractivity contribution in [3.8, 4) is 39.5 Å². The largest absolute Gasteiger partial charge is 0.278 e. The van der Waals surface area contributed by atoms with E-state index in [4.69, 9.17) is 9.97 Å². The molecule has 2 spiro atoms. The number of hydrogen-bond donors (Lipinski definition) is 0. The number of benzene rings is 11. The second-order valence-electron chi connectivity index (χ2n) is 19.1. The molecule has 13 aromatic rings. The molecule has 3 aliphatic rings. The fourth-order valence-corrected chi connectivity index (χ4v) is 13.4. The fourth-order valence-electron chi connectivity index (χ4n) is 13.4. The standard InChI is InChI=1S/C66H39N3/c1-2-19-42-37-43(34-33-40(42)17-1)63-49-25-9-16-32-59(49)67-64(68-63)69-60-36-35-41-18-3-4-20-44(41)62(60)50-38-57-58(39-61(50)69)66(53-28-12-7-23-47(53)48-24-8-13-29-54(48)66)56-31-15-14-30-55(56)65(57)51-26-10-5-21-45(51)46-22-6-11-27-52(46)65/h1-39H. The summed E-state index contributed by atoms with van der Waals surface area (Å²) in [5.74, 6) is 0.649. The molecular weight excluding hydrogens is 835 g/mol. The summed E-state index contributed by atoms with van der Waals surface area (Å²) in [6.07, 6.45) is 0. The highest BCUT2D eigenvalue weighted by molar-refractivity contribution is 6.22. The Morgan fingerprint density at radius 2 is 0.783 bits per heavy atom. The van der Waals surface area contributed by atoms with Gasteiger partial charge in [-0.15, -0.1) is 0 Å². The van der Waals surface area contributed by atoms with E-state index in [1.54, 1.807) is 0 Å². The van der Waals surface area contributed by atoms with Gasteiger partial charge in [-0.2, -0.15) is 0 Å². The first-order valence-electron chi connectivity index (χ1n) is 24.0. The zero-order chi connectivity index (χ0) is 45.0. The lowest BCUT2D eigenvalue weighted by Gasteiger charge is -2.49. The van der Waals surface area contributed by atoms with Gasteiger partial charge in [-0.3, -0.25) is 4.57 Å². The van der Waals surface area contributed by atoms with Crippen LogP contribution in [-0.4, -0.2) is 14.5 Å². The Morgan fingerprint density at radius 1 is 0.304 bits per heavy atom. The minimum atomic E-state index is -0.644. The quantitative estimate of drug-likeness (QED) is 0.173. The van der Waals surface area contributed by atoms with Crippen LogP contribution in [0, 0.1) is 0 Å². The molecule has 0 N–H and O–H groups in total. The lowest BCUT2D eigenvalue weighted by molar-refractivity contribution is 0.634. The van der Waals surface area contributed by atoms with E-state index in [1.807, 2.05) is 0 Å². The maximum atomic E-state index is 5.69. The summed E-state index contributed by atoms with van der Waals surface area (Å²) < 4.78 is 2.37. The summed E-state index contributed by atoms with van der Waals surface area (Å²) in [6, 6.07) is 88.3. The number of aromatic nitrogens is 3. The minimum absolute atomic E-state index is 0.618. The maximum absolute atomic E-state index is 5.69. The third-order valence-electron chi connectivity index (χ3n) is 16.1. The zero-order valence-corrected chi connectivity index (χ0v) is 37.4. The van der Waals surface area contributed by atoms with Gasteiger partial charge in [0.25, 0.3) is 0 Å². The smallest absolute Gasteiger partial charge is 0.235 e. The van der Waals surface area contributed by atoms with E-state index in [0.717, 1.165) is 33.2 Å². The number of rotatable bonds is 2. The molecule has 0 radical (unpaired) electrons. The third-order valence-corrected chi connectivity index (χ3v) is 16.1. The van der Waals surface area contributed by atoms with Crippen LogP contribution in [0.4, 0.5) is 0 Å². The molecule has 0 unspecified atom stereocenters. The Kier molecular flexibility index (Phi) is 7.21. The predicted molar refractivity (Wildman–Crippen MR) is 282 cm³/mol. The molecule has 0 saturated carbocycles. The van der Waals surface area contributed by atoms with Gasteiger partial charge in [-0.25, -0.2) is 9.97 Å². The number of nitrogens with zero attached hydrogens (tertiary/aromatic N) is 3. The Labute approximate surface area is 398 Å². The highest BCUT2D eigenvalue weighted by atomic mass is 15.2. The summed E-state index contributed by atoms with van der Waals surface area (Å²) in [4.78, 5) is 11.2. The monoisotopic (exact) mass is 873 g/mol. The van der Waals surface area contributed by atoms with Crippen LogP contribution < -0.4 is 0 Å². The number of hydrogen-bond acceptors (Lipinski definition) is 2. The van der Waals surface area contributed by atoms with Gasteiger partial charge in [0.05, 0.1) is 33.1 Å². The number of fused-ring (bicyclic) bond motifs is 23. The molecule has 0 atom stereocenters. The van der Waals surface area contributed by atoms with Crippen molar-refractivity contribution in [3.63, 3.8) is 0 Å². The molecule has 0 amide bonds. The normalized spacial score (nSPS) is 14.3. The van der Waals surface area contributed by atoms with E-state index >= 15 is 0 Å². The minimum Gasteiger partial charge on any atom is -0.278 e. The van der Waals surface area contributed by atoms with Gasteiger partial charge in [0.1, 0.15) is 0 Å². The Bertz CT molecular complexity index is 4310. The summed E-state index contributed by atoms with van der Waals surface area (Å²) >= 11 is 0. The molecular formula is C66H39N3. The van der Waals surface area contributed by atoms with Crippen LogP contribution in [0.3, 0.4) is 0 Å². The summed E-state index contributed by atoms with van der Waals surface area (Å²) in [5.41, 5.74) is 19.4. The average molecular weight is 874 g/mol. The molecule has 2 aromatic heterocycles. The van der Waals surface area contributed by atoms with Crippen molar-refractivity contribution in [2.24, 2.45) is 0 Å². The van der Waals surface area contributed by atoms with Crippen molar-refractivity contribution in [1.29, 1.82) is 0 Å². The van der Waals surface area contributed by atoms with Crippen LogP contribution in [0.15, 0.2) is 237 Å². The van der Waals surface area contributed by atoms with Crippen molar-refractivity contribution in [2.75, 3.05) is 0 Å². The average Bonchev–Trinajstić information content (AvgIpc) is 4.02. The first kappa shape index (κ1) is 37.2. The van der Waals surface area contributed by atoms with E-state index < -0.39 is 10.8 Å². The highest BCUT2D eigenvalue weighted by Gasteiger charge is 2.59. The third kappa shape index (κ3) is 4.58. The van der Waals surface area contributed by atoms with Gasteiger partial charge in [0.15, 0.2) is 0 Å². The fraction of sp³-hybridized carbons (Fsp3) is 0.0303. The summed E-state index contributed by atoms with van der Waals surface area (Å²) in [7, 11) is 0. The molecule has 0 bridgehead atoms. The van der Waals surface area contributed by atoms with E-state index in [9.17, 15) is 0 Å². The van der Waals surface area contributed by atoms with Crippen LogP contribution in [0.5, 0.6) is 0 Å². The van der Waals surface area contributed by atoms with Crippen molar-refractivity contribution in [2.45, 2.75) is 10.8 Å². The Morgan fingerprint density at radius 3 is 1.41 bits per heavy atom. The molecule has 3 aliphatic carbocycles. The molecule has 16 rings (SSSR count). The molecule has 318 valence electrons. The van der Waals surface area contributed by atoms with Crippen molar-refractivity contribution < 1.29 is 0 Å². The second-order valence-corrected chi connectivity index (χ2v) is 19.1. The van der Waals surface area contributed by atoms with Crippen molar-refractivity contribution >= 4 is 54.3 Å². The van der Waals surface area contributed by atoms with Gasteiger partial charge in [-0.05, 0) is 119 Å². The highest BCUT2D eigenvalue weighted by Crippen LogP contribution is 2.68. The summed E-state index contributed by atoms with van der Waals surface area (Å²) in [6.45, 7) is 0. The second kappa shape index (κ2) is 13.4. The SMILES string of the molecule is c1ccc2c(c1)-c1ccccc1C21c2ccccc2C2(c3ccccc3-c3ccccc32)c2cc3c(cc21)c1c2ccccc2ccc1n3-c1nc(-c2ccc3ccccc3c2)c2ccccc2n1. The lowest BCUT2D eigenvalue weighted by Crippen LogP contribution is -2.43. The van der Waals surface area contributed by atoms with Crippen molar-refractivity contribution in [1.82, 2.24) is 14.5 Å². The molecule has 11 aromatic carbocycles. The molecule has 69 heavy (non-hydrogen) atoms. The molecule has 0 aliphatic heterocycles. The van der Waals surface area contributed by atoms with Gasteiger partial charge in [0, 0.05) is 21.7 Å². The maximum Gasteiger partial charge on any atom is 0.235 e. The first-order valence-corrected chi connectivity index (χ1v) is 24.0. The van der Waals surface area contributed by atoms with E-state index in [-0.39, 0.29) is 0 Å². The van der Waals surface area contributed by atoms with Gasteiger partial charge < -0.3 is 0 Å². The van der Waals surface area contributed by atoms with Crippen LogP contribution in [0.2, 0.25) is 0 Å². The molecule has 3 heteroatoms. The van der Waals surface area contributed by atoms with Gasteiger partial charge in [-0.1, -0.05) is 206 Å². The predicted octanol–water partition coefficient (Wildman–Crippen LogP) is 15.7. The van der Waals surface area contributed by atoms with Crippen LogP contribution >= 0.6 is 0 Å². The molecule has 0 saturated heterocycles. The van der Waals surface area contributed by atoms with Crippen LogP contribution in [0.1, 0.15) is 44.5 Å². The van der Waals surface area contributed by atoms with E-state index in [2.05, 4.69) is 241 Å². The van der Waals surface area contributed by atoms with Gasteiger partial charge >= 0.3 is 0 Å². The topological polar surface area (TPSA) is 30.7 Å². The molecule has 3 nitrogen and oxygen atoms in total. The first-order chi connectivity index (χ1) is 34.2. The lowest BCUT2D eigenvalue weighted by atomic mass is 9.52. The van der Waals surface area contributed by atoms with Crippen molar-refractivity contribution in [3.05, 3.63) is 281 Å². The molecule has 0 fully saturated rings. The zero-order valence-electron chi connectivity index (χ0n) is 37.4. The van der Waals surface area contributed by atoms with Gasteiger partial charge in [0.2, 0.25) is 5.95 Å². The Balaban J connectivity index is 1.12. The number of para-hydroxylation sites is 1. The van der Waals surface area contributed by atoms with Crippen LogP contribution in [-0.2, 0) is 10.8 Å². The summed E-state index contributed by atoms with van der Waals surface area (Å²) in [5, 5.41) is 8.19. The van der Waals surface area contributed by atoms with E-state index in [1.165, 1.54) is 99.1 Å².